The first kappa shape index (κ1) is 17.5. The van der Waals surface area contributed by atoms with Crippen LogP contribution in [0.3, 0.4) is 0 Å². The monoisotopic (exact) mass is 364 g/mol. The molecule has 130 valence electrons. The maximum absolute atomic E-state index is 12.2. The summed E-state index contributed by atoms with van der Waals surface area (Å²) in [6.45, 7) is 0.664. The van der Waals surface area contributed by atoms with Crippen LogP contribution in [0.5, 0.6) is 0 Å². The predicted octanol–water partition coefficient (Wildman–Crippen LogP) is 3.74. The number of nitrogens with one attached hydrogen (secondary N) is 1. The van der Waals surface area contributed by atoms with Gasteiger partial charge in [0.05, 0.1) is 12.3 Å². The summed E-state index contributed by atoms with van der Waals surface area (Å²) >= 11 is 3.08. The highest BCUT2D eigenvalue weighted by Crippen LogP contribution is 2.28. The van der Waals surface area contributed by atoms with Crippen molar-refractivity contribution in [3.63, 3.8) is 0 Å². The molecule has 1 amide bonds. The standard InChI is InChI=1S/C17H24N4OS2/c1-21(11-14-7-4-10-23-14)16(22)12-24-17-18-15(19-20-17)9-8-13-5-2-3-6-13/h4,7,10,13H,2-3,5-6,8-9,11-12H2,1H3,(H,18,19,20). The van der Waals surface area contributed by atoms with E-state index in [0.717, 1.165) is 18.2 Å². The van der Waals surface area contributed by atoms with Crippen molar-refractivity contribution in [2.75, 3.05) is 12.8 Å². The molecular formula is C17H24N4OS2. The Kier molecular flexibility index (Phi) is 6.31. The van der Waals surface area contributed by atoms with Gasteiger partial charge in [-0.25, -0.2) is 4.98 Å². The van der Waals surface area contributed by atoms with E-state index in [1.165, 1.54) is 48.7 Å². The molecule has 1 saturated carbocycles. The van der Waals surface area contributed by atoms with Crippen LogP contribution in [0, 0.1) is 5.92 Å². The fraction of sp³-hybridized carbons (Fsp3) is 0.588. The number of carbonyl (C=O) groups is 1. The molecule has 1 aliphatic rings. The van der Waals surface area contributed by atoms with Gasteiger partial charge < -0.3 is 4.90 Å². The molecule has 5 nitrogen and oxygen atoms in total. The van der Waals surface area contributed by atoms with Crippen LogP contribution < -0.4 is 0 Å². The molecular weight excluding hydrogens is 340 g/mol. The zero-order valence-corrected chi connectivity index (χ0v) is 15.7. The number of thioether (sulfide) groups is 1. The molecule has 0 spiro atoms. The molecule has 2 aromatic rings. The van der Waals surface area contributed by atoms with Crippen molar-refractivity contribution in [3.05, 3.63) is 28.2 Å². The van der Waals surface area contributed by atoms with Crippen molar-refractivity contribution in [3.8, 4) is 0 Å². The van der Waals surface area contributed by atoms with Crippen LogP contribution in [0.15, 0.2) is 22.7 Å². The van der Waals surface area contributed by atoms with E-state index >= 15 is 0 Å². The molecule has 7 heteroatoms. The Bertz CT molecular complexity index is 635. The number of aromatic amines is 1. The predicted molar refractivity (Wildman–Crippen MR) is 98.2 cm³/mol. The molecule has 1 N–H and O–H groups in total. The van der Waals surface area contributed by atoms with Crippen molar-refractivity contribution in [2.24, 2.45) is 5.92 Å². The Morgan fingerprint density at radius 2 is 2.29 bits per heavy atom. The normalized spacial score (nSPS) is 15.0. The number of amides is 1. The molecule has 0 aromatic carbocycles. The Balaban J connectivity index is 1.40. The second-order valence-corrected chi connectivity index (χ2v) is 8.35. The molecule has 0 atom stereocenters. The molecule has 24 heavy (non-hydrogen) atoms. The van der Waals surface area contributed by atoms with E-state index in [-0.39, 0.29) is 5.91 Å². The number of aryl methyl sites for hydroxylation is 1. The van der Waals surface area contributed by atoms with Crippen LogP contribution in [0.1, 0.15) is 42.8 Å². The number of nitrogens with zero attached hydrogens (tertiary/aromatic N) is 3. The van der Waals surface area contributed by atoms with Gasteiger partial charge in [-0.2, -0.15) is 0 Å². The van der Waals surface area contributed by atoms with E-state index in [0.29, 0.717) is 17.5 Å². The Hall–Kier alpha value is -1.34. The van der Waals surface area contributed by atoms with Crippen molar-refractivity contribution in [2.45, 2.75) is 50.2 Å². The summed E-state index contributed by atoms with van der Waals surface area (Å²) in [5.41, 5.74) is 0. The molecule has 0 saturated heterocycles. The fourth-order valence-electron chi connectivity index (χ4n) is 3.05. The van der Waals surface area contributed by atoms with E-state index in [1.807, 2.05) is 24.6 Å². The van der Waals surface area contributed by atoms with Crippen molar-refractivity contribution >= 4 is 29.0 Å². The van der Waals surface area contributed by atoms with Crippen molar-refractivity contribution < 1.29 is 4.79 Å². The molecule has 2 aromatic heterocycles. The second kappa shape index (κ2) is 8.67. The Morgan fingerprint density at radius 1 is 1.46 bits per heavy atom. The van der Waals surface area contributed by atoms with Gasteiger partial charge in [-0.1, -0.05) is 43.5 Å². The molecule has 0 aliphatic heterocycles. The number of hydrogen-bond acceptors (Lipinski definition) is 5. The molecule has 2 heterocycles. The zero-order chi connectivity index (χ0) is 16.8. The highest BCUT2D eigenvalue weighted by molar-refractivity contribution is 7.99. The van der Waals surface area contributed by atoms with Gasteiger partial charge in [-0.15, -0.1) is 16.4 Å². The van der Waals surface area contributed by atoms with Crippen LogP contribution in [0.2, 0.25) is 0 Å². The van der Waals surface area contributed by atoms with Crippen molar-refractivity contribution in [1.29, 1.82) is 0 Å². The summed E-state index contributed by atoms with van der Waals surface area (Å²) in [6.07, 6.45) is 7.64. The summed E-state index contributed by atoms with van der Waals surface area (Å²) in [7, 11) is 1.84. The van der Waals surface area contributed by atoms with Gasteiger partial charge in [-0.05, 0) is 23.8 Å². The number of thiophene rings is 1. The summed E-state index contributed by atoms with van der Waals surface area (Å²) in [4.78, 5) is 19.7. The molecule has 0 unspecified atom stereocenters. The molecule has 1 aliphatic carbocycles. The first-order valence-electron chi connectivity index (χ1n) is 8.51. The van der Waals surface area contributed by atoms with Gasteiger partial charge in [-0.3, -0.25) is 9.89 Å². The summed E-state index contributed by atoms with van der Waals surface area (Å²) in [6, 6.07) is 4.06. The Morgan fingerprint density at radius 3 is 3.04 bits per heavy atom. The quantitative estimate of drug-likeness (QED) is 0.725. The zero-order valence-electron chi connectivity index (χ0n) is 14.0. The van der Waals surface area contributed by atoms with Gasteiger partial charge in [0.2, 0.25) is 11.1 Å². The van der Waals surface area contributed by atoms with Crippen LogP contribution in [-0.4, -0.2) is 38.8 Å². The number of hydrogen-bond donors (Lipinski definition) is 1. The average Bonchev–Trinajstić information content (AvgIpc) is 3.32. The van der Waals surface area contributed by atoms with Crippen LogP contribution >= 0.6 is 23.1 Å². The van der Waals surface area contributed by atoms with Crippen LogP contribution in [0.25, 0.3) is 0 Å². The van der Waals surface area contributed by atoms with E-state index in [1.54, 1.807) is 16.2 Å². The first-order chi connectivity index (χ1) is 11.7. The third-order valence-electron chi connectivity index (χ3n) is 4.50. The lowest BCUT2D eigenvalue weighted by atomic mass is 10.0. The topological polar surface area (TPSA) is 61.9 Å². The van der Waals surface area contributed by atoms with E-state index in [2.05, 4.69) is 15.2 Å². The number of rotatable bonds is 8. The van der Waals surface area contributed by atoms with Gasteiger partial charge in [0.25, 0.3) is 0 Å². The summed E-state index contributed by atoms with van der Waals surface area (Å²) < 4.78 is 0. The second-order valence-electron chi connectivity index (χ2n) is 6.37. The largest absolute Gasteiger partial charge is 0.340 e. The maximum atomic E-state index is 12.2. The average molecular weight is 365 g/mol. The lowest BCUT2D eigenvalue weighted by Crippen LogP contribution is -2.27. The van der Waals surface area contributed by atoms with Crippen LogP contribution in [-0.2, 0) is 17.8 Å². The van der Waals surface area contributed by atoms with E-state index in [4.69, 9.17) is 0 Å². The highest BCUT2D eigenvalue weighted by Gasteiger charge is 2.16. The van der Waals surface area contributed by atoms with Gasteiger partial charge >= 0.3 is 0 Å². The molecule has 1 fully saturated rings. The lowest BCUT2D eigenvalue weighted by molar-refractivity contribution is -0.127. The summed E-state index contributed by atoms with van der Waals surface area (Å²) in [5.74, 6) is 2.29. The maximum Gasteiger partial charge on any atom is 0.233 e. The Labute approximate surface area is 151 Å². The molecule has 3 rings (SSSR count). The number of H-pyrrole nitrogens is 1. The smallest absolute Gasteiger partial charge is 0.233 e. The minimum Gasteiger partial charge on any atom is -0.340 e. The highest BCUT2D eigenvalue weighted by atomic mass is 32.2. The lowest BCUT2D eigenvalue weighted by Gasteiger charge is -2.15. The first-order valence-corrected chi connectivity index (χ1v) is 10.4. The fourth-order valence-corrected chi connectivity index (χ4v) is 4.57. The van der Waals surface area contributed by atoms with E-state index < -0.39 is 0 Å². The number of aromatic nitrogens is 3. The van der Waals surface area contributed by atoms with Crippen LogP contribution in [0.4, 0.5) is 0 Å². The molecule has 0 radical (unpaired) electrons. The minimum atomic E-state index is 0.103. The SMILES string of the molecule is CN(Cc1cccs1)C(=O)CSc1n[nH]c(CCC2CCCC2)n1. The van der Waals surface area contributed by atoms with Crippen molar-refractivity contribution in [1.82, 2.24) is 20.1 Å². The van der Waals surface area contributed by atoms with Gasteiger partial charge in [0, 0.05) is 18.3 Å². The number of carbonyl (C=O) groups excluding carboxylic acids is 1. The molecule has 0 bridgehead atoms. The third-order valence-corrected chi connectivity index (χ3v) is 6.19. The van der Waals surface area contributed by atoms with Gasteiger partial charge in [0.15, 0.2) is 0 Å². The summed E-state index contributed by atoms with van der Waals surface area (Å²) in [5, 5.41) is 9.95. The minimum absolute atomic E-state index is 0.103. The van der Waals surface area contributed by atoms with Gasteiger partial charge in [0.1, 0.15) is 5.82 Å². The third kappa shape index (κ3) is 5.08. The van der Waals surface area contributed by atoms with E-state index in [9.17, 15) is 4.79 Å².